The Morgan fingerprint density at radius 2 is 2.07 bits per heavy atom. The summed E-state index contributed by atoms with van der Waals surface area (Å²) >= 11 is 0. The second-order valence-electron chi connectivity index (χ2n) is 4.98. The molecule has 0 aliphatic heterocycles. The first kappa shape index (κ1) is 12.0. The van der Waals surface area contributed by atoms with Gasteiger partial charge in [0, 0.05) is 13.7 Å². The summed E-state index contributed by atoms with van der Waals surface area (Å²) in [5, 5.41) is 12.9. The van der Waals surface area contributed by atoms with Crippen LogP contribution in [0.15, 0.2) is 0 Å². The molecule has 3 heteroatoms. The van der Waals surface area contributed by atoms with E-state index in [9.17, 15) is 5.11 Å². The number of nitrogens with one attached hydrogen (secondary N) is 1. The molecular weight excluding hydrogens is 178 g/mol. The van der Waals surface area contributed by atoms with Crippen molar-refractivity contribution in [2.24, 2.45) is 0 Å². The Hall–Kier alpha value is -0.120. The Bertz CT molecular complexity index is 165. The number of hydrogen-bond acceptors (Lipinski definition) is 3. The Morgan fingerprint density at radius 1 is 1.43 bits per heavy atom. The predicted octanol–water partition coefficient (Wildman–Crippen LogP) is 1.31. The molecule has 14 heavy (non-hydrogen) atoms. The first-order chi connectivity index (χ1) is 6.47. The van der Waals surface area contributed by atoms with Crippen molar-refractivity contribution in [3.05, 3.63) is 0 Å². The Kier molecular flexibility index (Phi) is 3.93. The van der Waals surface area contributed by atoms with Gasteiger partial charge in [-0.05, 0) is 46.1 Å². The minimum atomic E-state index is -0.563. The first-order valence-corrected chi connectivity index (χ1v) is 5.46. The van der Waals surface area contributed by atoms with E-state index in [1.165, 1.54) is 19.3 Å². The maximum atomic E-state index is 9.50. The van der Waals surface area contributed by atoms with Gasteiger partial charge in [0.2, 0.25) is 0 Å². The van der Waals surface area contributed by atoms with E-state index in [-0.39, 0.29) is 5.60 Å². The lowest BCUT2D eigenvalue weighted by Gasteiger charge is -2.40. The third-order valence-corrected chi connectivity index (χ3v) is 3.06. The number of rotatable bonds is 6. The smallest absolute Gasteiger partial charge is 0.0802 e. The number of methoxy groups -OCH3 is 1. The molecule has 1 fully saturated rings. The summed E-state index contributed by atoms with van der Waals surface area (Å²) in [5.74, 6) is 0. The fourth-order valence-electron chi connectivity index (χ4n) is 1.73. The Balaban J connectivity index is 2.09. The molecule has 0 aromatic rings. The molecule has 0 aromatic carbocycles. The fourth-order valence-corrected chi connectivity index (χ4v) is 1.73. The quantitative estimate of drug-likeness (QED) is 0.637. The zero-order valence-corrected chi connectivity index (χ0v) is 9.60. The topological polar surface area (TPSA) is 41.5 Å². The highest BCUT2D eigenvalue weighted by Gasteiger charge is 2.36. The molecule has 1 rings (SSSR count). The first-order valence-electron chi connectivity index (χ1n) is 5.46. The second kappa shape index (κ2) is 4.60. The fraction of sp³-hybridized carbons (Fsp3) is 1.00. The van der Waals surface area contributed by atoms with Crippen molar-refractivity contribution in [1.82, 2.24) is 5.32 Å². The van der Waals surface area contributed by atoms with Crippen molar-refractivity contribution in [3.8, 4) is 0 Å². The lowest BCUT2D eigenvalue weighted by Crippen LogP contribution is -2.48. The summed E-state index contributed by atoms with van der Waals surface area (Å²) in [5.41, 5.74) is -0.466. The average Bonchev–Trinajstić information content (AvgIpc) is 2.00. The molecule has 0 bridgehead atoms. The van der Waals surface area contributed by atoms with E-state index in [1.807, 2.05) is 13.8 Å². The van der Waals surface area contributed by atoms with Gasteiger partial charge in [0.15, 0.2) is 0 Å². The predicted molar refractivity (Wildman–Crippen MR) is 57.4 cm³/mol. The molecule has 2 N–H and O–H groups in total. The van der Waals surface area contributed by atoms with Gasteiger partial charge in [-0.2, -0.15) is 0 Å². The summed E-state index contributed by atoms with van der Waals surface area (Å²) < 4.78 is 5.48. The molecule has 0 atom stereocenters. The van der Waals surface area contributed by atoms with Crippen LogP contribution in [0.4, 0.5) is 0 Å². The third kappa shape index (κ3) is 3.56. The van der Waals surface area contributed by atoms with E-state index in [0.29, 0.717) is 0 Å². The van der Waals surface area contributed by atoms with Crippen LogP contribution >= 0.6 is 0 Å². The molecule has 0 spiro atoms. The van der Waals surface area contributed by atoms with Crippen molar-refractivity contribution in [1.29, 1.82) is 0 Å². The molecule has 84 valence electrons. The number of ether oxygens (including phenoxy) is 1. The van der Waals surface area contributed by atoms with Gasteiger partial charge in [0.25, 0.3) is 0 Å². The van der Waals surface area contributed by atoms with Gasteiger partial charge in [-0.25, -0.2) is 0 Å². The average molecular weight is 201 g/mol. The van der Waals surface area contributed by atoms with E-state index in [2.05, 4.69) is 5.32 Å². The van der Waals surface area contributed by atoms with Gasteiger partial charge in [0.1, 0.15) is 0 Å². The van der Waals surface area contributed by atoms with Crippen molar-refractivity contribution >= 4 is 0 Å². The van der Waals surface area contributed by atoms with E-state index in [1.54, 1.807) is 7.11 Å². The van der Waals surface area contributed by atoms with Gasteiger partial charge in [-0.1, -0.05) is 0 Å². The van der Waals surface area contributed by atoms with Gasteiger partial charge in [-0.3, -0.25) is 0 Å². The van der Waals surface area contributed by atoms with Gasteiger partial charge >= 0.3 is 0 Å². The molecule has 0 saturated heterocycles. The molecule has 3 nitrogen and oxygen atoms in total. The zero-order chi connectivity index (χ0) is 10.7. The normalized spacial score (nSPS) is 20.6. The van der Waals surface area contributed by atoms with Gasteiger partial charge in [0.05, 0.1) is 11.2 Å². The van der Waals surface area contributed by atoms with Crippen molar-refractivity contribution in [2.45, 2.75) is 50.7 Å². The largest absolute Gasteiger partial charge is 0.390 e. The van der Waals surface area contributed by atoms with Crippen LogP contribution in [0.2, 0.25) is 0 Å². The van der Waals surface area contributed by atoms with Crippen LogP contribution in [0.1, 0.15) is 39.5 Å². The second-order valence-corrected chi connectivity index (χ2v) is 4.98. The molecule has 1 saturated carbocycles. The van der Waals surface area contributed by atoms with Crippen LogP contribution < -0.4 is 5.32 Å². The molecule has 0 unspecified atom stereocenters. The molecule has 0 radical (unpaired) electrons. The maximum Gasteiger partial charge on any atom is 0.0802 e. The summed E-state index contributed by atoms with van der Waals surface area (Å²) in [6.07, 6.45) is 4.39. The Morgan fingerprint density at radius 3 is 2.43 bits per heavy atom. The van der Waals surface area contributed by atoms with Gasteiger partial charge in [-0.15, -0.1) is 0 Å². The highest BCUT2D eigenvalue weighted by atomic mass is 16.5. The van der Waals surface area contributed by atoms with Crippen LogP contribution in [0.5, 0.6) is 0 Å². The monoisotopic (exact) mass is 201 g/mol. The van der Waals surface area contributed by atoms with E-state index < -0.39 is 5.60 Å². The molecule has 0 aromatic heterocycles. The summed E-state index contributed by atoms with van der Waals surface area (Å²) in [6.45, 7) is 5.45. The molecule has 0 amide bonds. The van der Waals surface area contributed by atoms with Crippen LogP contribution in [-0.2, 0) is 4.74 Å². The summed E-state index contributed by atoms with van der Waals surface area (Å²) in [4.78, 5) is 0. The molecule has 1 aliphatic carbocycles. The highest BCUT2D eigenvalue weighted by Crippen LogP contribution is 2.34. The summed E-state index contributed by atoms with van der Waals surface area (Å²) in [6, 6.07) is 0. The molecule has 0 heterocycles. The minimum absolute atomic E-state index is 0.0968. The third-order valence-electron chi connectivity index (χ3n) is 3.06. The number of hydrogen-bond donors (Lipinski definition) is 2. The maximum absolute atomic E-state index is 9.50. The molecular formula is C11H23NO2. The van der Waals surface area contributed by atoms with E-state index >= 15 is 0 Å². The zero-order valence-electron chi connectivity index (χ0n) is 9.60. The lowest BCUT2D eigenvalue weighted by molar-refractivity contribution is -0.0699. The lowest BCUT2D eigenvalue weighted by atomic mass is 9.80. The molecule has 1 aliphatic rings. The standard InChI is InChI=1S/C11H23NO2/c1-10(2,13)7-8-12-9-11(14-3)5-4-6-11/h12-13H,4-9H2,1-3H3. The summed E-state index contributed by atoms with van der Waals surface area (Å²) in [7, 11) is 1.79. The minimum Gasteiger partial charge on any atom is -0.390 e. The van der Waals surface area contributed by atoms with Crippen LogP contribution in [-0.4, -0.2) is 36.5 Å². The van der Waals surface area contributed by atoms with Crippen LogP contribution in [0.3, 0.4) is 0 Å². The van der Waals surface area contributed by atoms with E-state index in [4.69, 9.17) is 4.74 Å². The van der Waals surface area contributed by atoms with Crippen molar-refractivity contribution in [3.63, 3.8) is 0 Å². The van der Waals surface area contributed by atoms with E-state index in [0.717, 1.165) is 19.5 Å². The Labute approximate surface area is 86.8 Å². The SMILES string of the molecule is COC1(CNCCC(C)(C)O)CCC1. The number of aliphatic hydroxyl groups is 1. The van der Waals surface area contributed by atoms with Crippen molar-refractivity contribution < 1.29 is 9.84 Å². The van der Waals surface area contributed by atoms with Crippen LogP contribution in [0.25, 0.3) is 0 Å². The van der Waals surface area contributed by atoms with Crippen molar-refractivity contribution in [2.75, 3.05) is 20.2 Å². The van der Waals surface area contributed by atoms with Crippen LogP contribution in [0, 0.1) is 0 Å². The highest BCUT2D eigenvalue weighted by molar-refractivity contribution is 4.91. The van der Waals surface area contributed by atoms with Gasteiger partial charge < -0.3 is 15.2 Å².